The standard InChI is InChI=1S/C28H31FN2O4/c1-28(2,3)35-27(33)30-18-19-7-6-8-21(17-19)20-13-15-31(16-14-20)26(32)25-12-11-24(34-25)22-9-4-5-10-23(22)29/h4-12,17,20H,13-16,18H2,1-3H3,(H,30,33). The summed E-state index contributed by atoms with van der Waals surface area (Å²) in [6, 6.07) is 17.8. The summed E-state index contributed by atoms with van der Waals surface area (Å²) in [6.45, 7) is 7.11. The largest absolute Gasteiger partial charge is 0.451 e. The number of halogens is 1. The van der Waals surface area contributed by atoms with Crippen molar-refractivity contribution in [3.63, 3.8) is 0 Å². The monoisotopic (exact) mass is 478 g/mol. The molecule has 1 aromatic heterocycles. The quantitative estimate of drug-likeness (QED) is 0.479. The molecule has 0 bridgehead atoms. The van der Waals surface area contributed by atoms with Crippen LogP contribution in [-0.4, -0.2) is 35.6 Å². The minimum absolute atomic E-state index is 0.179. The van der Waals surface area contributed by atoms with Crippen LogP contribution in [0.1, 0.15) is 61.2 Å². The molecule has 0 saturated carbocycles. The minimum Gasteiger partial charge on any atom is -0.451 e. The van der Waals surface area contributed by atoms with Crippen LogP contribution < -0.4 is 5.32 Å². The molecule has 35 heavy (non-hydrogen) atoms. The van der Waals surface area contributed by atoms with E-state index in [1.807, 2.05) is 32.9 Å². The number of benzene rings is 2. The Balaban J connectivity index is 1.33. The van der Waals surface area contributed by atoms with Crippen molar-refractivity contribution in [3.05, 3.63) is 83.4 Å². The second-order valence-corrected chi connectivity index (χ2v) is 9.81. The van der Waals surface area contributed by atoms with Gasteiger partial charge in [0.15, 0.2) is 5.76 Å². The van der Waals surface area contributed by atoms with E-state index in [0.29, 0.717) is 36.9 Å². The van der Waals surface area contributed by atoms with E-state index in [4.69, 9.17) is 9.15 Å². The highest BCUT2D eigenvalue weighted by Gasteiger charge is 2.27. The predicted molar refractivity (Wildman–Crippen MR) is 131 cm³/mol. The number of furan rings is 1. The Bertz CT molecular complexity index is 1190. The molecule has 0 spiro atoms. The number of alkyl carbamates (subject to hydrolysis) is 1. The number of carbonyl (C=O) groups excluding carboxylic acids is 2. The molecule has 3 aromatic rings. The van der Waals surface area contributed by atoms with Gasteiger partial charge >= 0.3 is 6.09 Å². The first-order valence-corrected chi connectivity index (χ1v) is 11.9. The van der Waals surface area contributed by atoms with E-state index in [2.05, 4.69) is 17.4 Å². The average molecular weight is 479 g/mol. The lowest BCUT2D eigenvalue weighted by molar-refractivity contribution is 0.0523. The fourth-order valence-corrected chi connectivity index (χ4v) is 4.28. The van der Waals surface area contributed by atoms with E-state index in [1.165, 1.54) is 11.6 Å². The molecule has 184 valence electrons. The van der Waals surface area contributed by atoms with Crippen LogP contribution in [0.25, 0.3) is 11.3 Å². The average Bonchev–Trinajstić information content (AvgIpc) is 3.32. The maximum absolute atomic E-state index is 14.0. The maximum atomic E-state index is 14.0. The lowest BCUT2D eigenvalue weighted by Gasteiger charge is -2.32. The third kappa shape index (κ3) is 6.29. The lowest BCUT2D eigenvalue weighted by atomic mass is 9.88. The molecule has 1 aliphatic rings. The summed E-state index contributed by atoms with van der Waals surface area (Å²) in [7, 11) is 0. The summed E-state index contributed by atoms with van der Waals surface area (Å²) in [5.41, 5.74) is 2.00. The molecule has 1 N–H and O–H groups in total. The molecule has 6 nitrogen and oxygen atoms in total. The molecule has 1 fully saturated rings. The normalized spacial score (nSPS) is 14.6. The van der Waals surface area contributed by atoms with Crippen LogP contribution in [0.5, 0.6) is 0 Å². The molecule has 1 aliphatic heterocycles. The lowest BCUT2D eigenvalue weighted by Crippen LogP contribution is -2.37. The Kier molecular flexibility index (Phi) is 7.24. The van der Waals surface area contributed by atoms with Crippen LogP contribution in [0, 0.1) is 5.82 Å². The highest BCUT2D eigenvalue weighted by atomic mass is 19.1. The molecule has 1 saturated heterocycles. The van der Waals surface area contributed by atoms with Gasteiger partial charge < -0.3 is 19.4 Å². The van der Waals surface area contributed by atoms with Crippen molar-refractivity contribution >= 4 is 12.0 Å². The zero-order valence-corrected chi connectivity index (χ0v) is 20.3. The molecule has 0 aliphatic carbocycles. The van der Waals surface area contributed by atoms with Gasteiger partial charge in [0.05, 0.1) is 5.56 Å². The van der Waals surface area contributed by atoms with Gasteiger partial charge in [0.2, 0.25) is 0 Å². The second kappa shape index (κ2) is 10.3. The summed E-state index contributed by atoms with van der Waals surface area (Å²) in [5, 5.41) is 2.80. The number of nitrogens with zero attached hydrogens (tertiary/aromatic N) is 1. The SMILES string of the molecule is CC(C)(C)OC(=O)NCc1cccc(C2CCN(C(=O)c3ccc(-c4ccccc4F)o3)CC2)c1. The fourth-order valence-electron chi connectivity index (χ4n) is 4.28. The molecular weight excluding hydrogens is 447 g/mol. The molecule has 0 radical (unpaired) electrons. The van der Waals surface area contributed by atoms with Crippen molar-refractivity contribution in [1.29, 1.82) is 0 Å². The molecule has 4 rings (SSSR count). The molecular formula is C28H31FN2O4. The van der Waals surface area contributed by atoms with Gasteiger partial charge in [0.25, 0.3) is 5.91 Å². The van der Waals surface area contributed by atoms with Crippen LogP contribution >= 0.6 is 0 Å². The predicted octanol–water partition coefficient (Wildman–Crippen LogP) is 6.13. The summed E-state index contributed by atoms with van der Waals surface area (Å²) in [4.78, 5) is 26.7. The molecule has 2 heterocycles. The fraction of sp³-hybridized carbons (Fsp3) is 0.357. The van der Waals surface area contributed by atoms with Crippen molar-refractivity contribution in [2.45, 2.75) is 51.7 Å². The van der Waals surface area contributed by atoms with Gasteiger partial charge in [-0.15, -0.1) is 0 Å². The number of rotatable bonds is 5. The number of carbonyl (C=O) groups is 2. The van der Waals surface area contributed by atoms with Gasteiger partial charge in [0.1, 0.15) is 17.2 Å². The summed E-state index contributed by atoms with van der Waals surface area (Å²) < 4.78 is 25.0. The number of hydrogen-bond donors (Lipinski definition) is 1. The number of piperidine rings is 1. The summed E-state index contributed by atoms with van der Waals surface area (Å²) >= 11 is 0. The zero-order valence-electron chi connectivity index (χ0n) is 20.3. The van der Waals surface area contributed by atoms with Crippen molar-refractivity contribution in [3.8, 4) is 11.3 Å². The van der Waals surface area contributed by atoms with Gasteiger partial charge in [0, 0.05) is 19.6 Å². The Labute approximate surface area is 205 Å². The van der Waals surface area contributed by atoms with Crippen LogP contribution in [0.4, 0.5) is 9.18 Å². The van der Waals surface area contributed by atoms with Crippen LogP contribution in [0.2, 0.25) is 0 Å². The van der Waals surface area contributed by atoms with Gasteiger partial charge in [-0.05, 0) is 74.9 Å². The van der Waals surface area contributed by atoms with Gasteiger partial charge in [-0.3, -0.25) is 4.79 Å². The Morgan fingerprint density at radius 1 is 1.06 bits per heavy atom. The summed E-state index contributed by atoms with van der Waals surface area (Å²) in [6.07, 6.45) is 1.22. The van der Waals surface area contributed by atoms with E-state index < -0.39 is 11.7 Å². The molecule has 2 amide bonds. The molecule has 0 atom stereocenters. The number of ether oxygens (including phenoxy) is 1. The first-order chi connectivity index (χ1) is 16.7. The topological polar surface area (TPSA) is 71.8 Å². The Morgan fingerprint density at radius 2 is 1.80 bits per heavy atom. The molecule has 0 unspecified atom stereocenters. The van der Waals surface area contributed by atoms with Crippen molar-refractivity contribution in [2.75, 3.05) is 13.1 Å². The van der Waals surface area contributed by atoms with Crippen LogP contribution in [0.3, 0.4) is 0 Å². The highest BCUT2D eigenvalue weighted by molar-refractivity contribution is 5.92. The third-order valence-corrected chi connectivity index (χ3v) is 6.00. The van der Waals surface area contributed by atoms with Crippen molar-refractivity contribution in [2.24, 2.45) is 0 Å². The smallest absolute Gasteiger partial charge is 0.407 e. The van der Waals surface area contributed by atoms with Crippen molar-refractivity contribution in [1.82, 2.24) is 10.2 Å². The van der Waals surface area contributed by atoms with Gasteiger partial charge in [-0.1, -0.05) is 36.4 Å². The Hall–Kier alpha value is -3.61. The maximum Gasteiger partial charge on any atom is 0.407 e. The number of hydrogen-bond acceptors (Lipinski definition) is 4. The second-order valence-electron chi connectivity index (χ2n) is 9.81. The highest BCUT2D eigenvalue weighted by Crippen LogP contribution is 2.30. The molecule has 2 aromatic carbocycles. The van der Waals surface area contributed by atoms with E-state index in [0.717, 1.165) is 18.4 Å². The first kappa shape index (κ1) is 24.5. The minimum atomic E-state index is -0.535. The van der Waals surface area contributed by atoms with Gasteiger partial charge in [-0.25, -0.2) is 9.18 Å². The first-order valence-electron chi connectivity index (χ1n) is 11.9. The van der Waals surface area contributed by atoms with E-state index in [9.17, 15) is 14.0 Å². The number of likely N-dealkylation sites (tertiary alicyclic amines) is 1. The van der Waals surface area contributed by atoms with E-state index in [-0.39, 0.29) is 17.5 Å². The zero-order chi connectivity index (χ0) is 25.0. The number of amides is 2. The van der Waals surface area contributed by atoms with Crippen LogP contribution in [-0.2, 0) is 11.3 Å². The third-order valence-electron chi connectivity index (χ3n) is 6.00. The van der Waals surface area contributed by atoms with Gasteiger partial charge in [-0.2, -0.15) is 0 Å². The van der Waals surface area contributed by atoms with E-state index in [1.54, 1.807) is 35.2 Å². The number of nitrogens with one attached hydrogen (secondary N) is 1. The van der Waals surface area contributed by atoms with Crippen molar-refractivity contribution < 1.29 is 23.1 Å². The van der Waals surface area contributed by atoms with Crippen LogP contribution in [0.15, 0.2) is 65.1 Å². The van der Waals surface area contributed by atoms with E-state index >= 15 is 0 Å². The summed E-state index contributed by atoms with van der Waals surface area (Å²) in [5.74, 6) is 0.327. The molecule has 7 heteroatoms. The Morgan fingerprint density at radius 3 is 2.51 bits per heavy atom.